The first-order chi connectivity index (χ1) is 7.45. The first kappa shape index (κ1) is 12.8. The summed E-state index contributed by atoms with van der Waals surface area (Å²) >= 11 is 0. The molecule has 0 radical (unpaired) electrons. The van der Waals surface area contributed by atoms with E-state index in [0.29, 0.717) is 5.69 Å². The maximum atomic E-state index is 11.9. The average molecular weight is 224 g/mol. The highest BCUT2D eigenvalue weighted by molar-refractivity contribution is 5.94. The van der Waals surface area contributed by atoms with Gasteiger partial charge in [0, 0.05) is 18.3 Å². The molecule has 0 aliphatic rings. The fraction of sp³-hybridized carbons (Fsp3) is 0.583. The van der Waals surface area contributed by atoms with Crippen LogP contribution in [0.5, 0.6) is 0 Å². The monoisotopic (exact) mass is 224 g/mol. The molecule has 2 atom stereocenters. The molecule has 0 saturated heterocycles. The first-order valence-corrected chi connectivity index (χ1v) is 5.53. The molecule has 0 aliphatic heterocycles. The van der Waals surface area contributed by atoms with Gasteiger partial charge in [-0.05, 0) is 38.3 Å². The smallest absolute Gasteiger partial charge is 0.268 e. The van der Waals surface area contributed by atoms with Crippen LogP contribution < -0.4 is 5.32 Å². The van der Waals surface area contributed by atoms with Gasteiger partial charge in [0.05, 0.1) is 0 Å². The summed E-state index contributed by atoms with van der Waals surface area (Å²) in [5.41, 5.74) is 2.53. The van der Waals surface area contributed by atoms with Gasteiger partial charge in [-0.15, -0.1) is 0 Å². The van der Waals surface area contributed by atoms with Crippen molar-refractivity contribution in [2.24, 2.45) is 5.92 Å². The topological polar surface area (TPSA) is 65.1 Å². The van der Waals surface area contributed by atoms with E-state index in [0.717, 1.165) is 11.3 Å². The second-order valence-corrected chi connectivity index (χ2v) is 4.43. The molecule has 3 N–H and O–H groups in total. The summed E-state index contributed by atoms with van der Waals surface area (Å²) in [5, 5.41) is 11.9. The lowest BCUT2D eigenvalue weighted by atomic mass is 10.1. The standard InChI is InChI=1S/C12H20N2O2/c1-7-5-9(3)13-11(7)12(16)14-10(4)8(2)6-15/h5,8,10,13,15H,6H2,1-4H3,(H,14,16). The number of hydrogen-bond donors (Lipinski definition) is 3. The van der Waals surface area contributed by atoms with Crippen LogP contribution in [0.4, 0.5) is 0 Å². The van der Waals surface area contributed by atoms with Crippen LogP contribution >= 0.6 is 0 Å². The van der Waals surface area contributed by atoms with E-state index in [9.17, 15) is 4.79 Å². The molecule has 0 fully saturated rings. The molecule has 0 spiro atoms. The fourth-order valence-electron chi connectivity index (χ4n) is 1.54. The lowest BCUT2D eigenvalue weighted by molar-refractivity contribution is 0.0911. The summed E-state index contributed by atoms with van der Waals surface area (Å²) < 4.78 is 0. The highest BCUT2D eigenvalue weighted by Gasteiger charge is 2.17. The first-order valence-electron chi connectivity index (χ1n) is 5.53. The molecule has 4 nitrogen and oxygen atoms in total. The summed E-state index contributed by atoms with van der Waals surface area (Å²) in [6.45, 7) is 7.69. The Morgan fingerprint density at radius 1 is 1.50 bits per heavy atom. The molecule has 90 valence electrons. The number of rotatable bonds is 4. The number of H-pyrrole nitrogens is 1. The van der Waals surface area contributed by atoms with Gasteiger partial charge in [-0.2, -0.15) is 0 Å². The van der Waals surface area contributed by atoms with Gasteiger partial charge in [0.15, 0.2) is 0 Å². The van der Waals surface area contributed by atoms with Gasteiger partial charge >= 0.3 is 0 Å². The predicted octanol–water partition coefficient (Wildman–Crippen LogP) is 1.38. The third-order valence-electron chi connectivity index (χ3n) is 2.88. The van der Waals surface area contributed by atoms with Crippen LogP contribution in [0.15, 0.2) is 6.07 Å². The predicted molar refractivity (Wildman–Crippen MR) is 63.4 cm³/mol. The van der Waals surface area contributed by atoms with Gasteiger partial charge in [-0.25, -0.2) is 0 Å². The molecule has 0 saturated carbocycles. The lowest BCUT2D eigenvalue weighted by Crippen LogP contribution is -2.38. The second kappa shape index (κ2) is 5.16. The molecule has 1 rings (SSSR count). The van der Waals surface area contributed by atoms with Gasteiger partial charge in [-0.3, -0.25) is 4.79 Å². The molecule has 0 bridgehead atoms. The Morgan fingerprint density at radius 2 is 2.12 bits per heavy atom. The number of aliphatic hydroxyl groups excluding tert-OH is 1. The minimum atomic E-state index is -0.113. The Labute approximate surface area is 96.1 Å². The van der Waals surface area contributed by atoms with Crippen LogP contribution in [0.2, 0.25) is 0 Å². The maximum absolute atomic E-state index is 11.9. The Hall–Kier alpha value is -1.29. The molecule has 1 heterocycles. The van der Waals surface area contributed by atoms with Crippen molar-refractivity contribution in [1.82, 2.24) is 10.3 Å². The van der Waals surface area contributed by atoms with Gasteiger partial charge in [0.2, 0.25) is 0 Å². The van der Waals surface area contributed by atoms with Crippen molar-refractivity contribution in [2.75, 3.05) is 6.61 Å². The second-order valence-electron chi connectivity index (χ2n) is 4.43. The molecule has 2 unspecified atom stereocenters. The number of amides is 1. The van der Waals surface area contributed by atoms with Gasteiger partial charge < -0.3 is 15.4 Å². The van der Waals surface area contributed by atoms with E-state index < -0.39 is 0 Å². The third-order valence-corrected chi connectivity index (χ3v) is 2.88. The molecule has 4 heteroatoms. The van der Waals surface area contributed by atoms with E-state index in [2.05, 4.69) is 10.3 Å². The van der Waals surface area contributed by atoms with E-state index >= 15 is 0 Å². The quantitative estimate of drug-likeness (QED) is 0.723. The summed E-state index contributed by atoms with van der Waals surface area (Å²) in [6.07, 6.45) is 0. The van der Waals surface area contributed by atoms with Crippen LogP contribution in [0.1, 0.15) is 35.6 Å². The minimum absolute atomic E-state index is 0.0412. The Balaban J connectivity index is 2.69. The molecule has 0 aromatic carbocycles. The van der Waals surface area contributed by atoms with Crippen molar-refractivity contribution in [2.45, 2.75) is 33.7 Å². The number of nitrogens with one attached hydrogen (secondary N) is 2. The summed E-state index contributed by atoms with van der Waals surface area (Å²) in [7, 11) is 0. The van der Waals surface area contributed by atoms with Crippen molar-refractivity contribution < 1.29 is 9.90 Å². The van der Waals surface area contributed by atoms with Gasteiger partial charge in [-0.1, -0.05) is 6.92 Å². The van der Waals surface area contributed by atoms with Crippen molar-refractivity contribution in [3.8, 4) is 0 Å². The highest BCUT2D eigenvalue weighted by Crippen LogP contribution is 2.10. The number of aliphatic hydroxyl groups is 1. The molecule has 0 aliphatic carbocycles. The Bertz CT molecular complexity index is 371. The van der Waals surface area contributed by atoms with Crippen LogP contribution in [0, 0.1) is 19.8 Å². The lowest BCUT2D eigenvalue weighted by Gasteiger charge is -2.19. The molecule has 1 aromatic rings. The highest BCUT2D eigenvalue weighted by atomic mass is 16.3. The van der Waals surface area contributed by atoms with E-state index in [-0.39, 0.29) is 24.5 Å². The zero-order valence-electron chi connectivity index (χ0n) is 10.3. The van der Waals surface area contributed by atoms with E-state index in [1.54, 1.807) is 0 Å². The summed E-state index contributed by atoms with van der Waals surface area (Å²) in [6, 6.07) is 1.90. The molecule has 1 amide bonds. The SMILES string of the molecule is Cc1cc(C)c(C(=O)NC(C)C(C)CO)[nH]1. The largest absolute Gasteiger partial charge is 0.396 e. The summed E-state index contributed by atoms with van der Waals surface area (Å²) in [5.74, 6) is -0.0567. The van der Waals surface area contributed by atoms with Crippen molar-refractivity contribution in [3.63, 3.8) is 0 Å². The number of aryl methyl sites for hydroxylation is 2. The van der Waals surface area contributed by atoms with Gasteiger partial charge in [0.1, 0.15) is 5.69 Å². The molecule has 16 heavy (non-hydrogen) atoms. The number of aromatic nitrogens is 1. The zero-order valence-corrected chi connectivity index (χ0v) is 10.3. The normalized spacial score (nSPS) is 14.6. The Kier molecular flexibility index (Phi) is 4.12. The van der Waals surface area contributed by atoms with Crippen molar-refractivity contribution in [1.29, 1.82) is 0 Å². The number of hydrogen-bond acceptors (Lipinski definition) is 2. The van der Waals surface area contributed by atoms with E-state index in [1.807, 2.05) is 33.8 Å². The zero-order chi connectivity index (χ0) is 12.3. The van der Waals surface area contributed by atoms with Crippen molar-refractivity contribution >= 4 is 5.91 Å². The Morgan fingerprint density at radius 3 is 2.56 bits per heavy atom. The number of aromatic amines is 1. The van der Waals surface area contributed by atoms with Crippen molar-refractivity contribution in [3.05, 3.63) is 23.0 Å². The summed E-state index contributed by atoms with van der Waals surface area (Å²) in [4.78, 5) is 14.9. The van der Waals surface area contributed by atoms with Gasteiger partial charge in [0.25, 0.3) is 5.91 Å². The number of carbonyl (C=O) groups excluding carboxylic acids is 1. The van der Waals surface area contributed by atoms with Crippen LogP contribution in [-0.4, -0.2) is 28.6 Å². The molecular weight excluding hydrogens is 204 g/mol. The van der Waals surface area contributed by atoms with Crippen LogP contribution in [0.3, 0.4) is 0 Å². The number of carbonyl (C=O) groups is 1. The van der Waals surface area contributed by atoms with E-state index in [4.69, 9.17) is 5.11 Å². The van der Waals surface area contributed by atoms with Crippen LogP contribution in [0.25, 0.3) is 0 Å². The average Bonchev–Trinajstić information content (AvgIpc) is 2.56. The minimum Gasteiger partial charge on any atom is -0.396 e. The molecular formula is C12H20N2O2. The maximum Gasteiger partial charge on any atom is 0.268 e. The third kappa shape index (κ3) is 2.85. The van der Waals surface area contributed by atoms with Crippen LogP contribution in [-0.2, 0) is 0 Å². The fourth-order valence-corrected chi connectivity index (χ4v) is 1.54. The van der Waals surface area contributed by atoms with E-state index in [1.165, 1.54) is 0 Å². The molecule has 1 aromatic heterocycles.